The molecule has 1 unspecified atom stereocenters. The average Bonchev–Trinajstić information content (AvgIpc) is 2.81. The minimum Gasteiger partial charge on any atom is -0.430 e. The Morgan fingerprint density at radius 3 is 2.83 bits per heavy atom. The SMILES string of the molecule is Nc1ccc2nc(S(=O)C3CCCCC3)oc2c1. The second-order valence-corrected chi connectivity index (χ2v) is 6.38. The summed E-state index contributed by atoms with van der Waals surface area (Å²) >= 11 is 0. The van der Waals surface area contributed by atoms with E-state index >= 15 is 0 Å². The Labute approximate surface area is 108 Å². The molecule has 1 aliphatic carbocycles. The number of fused-ring (bicyclic) bond motifs is 1. The van der Waals surface area contributed by atoms with Crippen molar-refractivity contribution in [2.45, 2.75) is 42.6 Å². The molecule has 18 heavy (non-hydrogen) atoms. The van der Waals surface area contributed by atoms with E-state index < -0.39 is 10.8 Å². The van der Waals surface area contributed by atoms with Crippen LogP contribution >= 0.6 is 0 Å². The van der Waals surface area contributed by atoms with Crippen LogP contribution in [0.5, 0.6) is 0 Å². The normalized spacial score (nSPS) is 19.1. The van der Waals surface area contributed by atoms with E-state index in [0.29, 0.717) is 16.5 Å². The molecule has 1 saturated carbocycles. The summed E-state index contributed by atoms with van der Waals surface area (Å²) in [5, 5.41) is 0.548. The van der Waals surface area contributed by atoms with Gasteiger partial charge in [0, 0.05) is 17.0 Å². The molecular weight excluding hydrogens is 248 g/mol. The van der Waals surface area contributed by atoms with Crippen LogP contribution in [-0.4, -0.2) is 14.4 Å². The Kier molecular flexibility index (Phi) is 3.07. The molecule has 1 aromatic heterocycles. The molecule has 0 amide bonds. The van der Waals surface area contributed by atoms with Gasteiger partial charge in [-0.1, -0.05) is 19.3 Å². The lowest BCUT2D eigenvalue weighted by molar-refractivity contribution is 0.459. The standard InChI is InChI=1S/C13H16N2O2S/c14-9-6-7-11-12(8-9)17-13(15-11)18(16)10-4-2-1-3-5-10/h6-8,10H,1-5,14H2. The largest absolute Gasteiger partial charge is 0.430 e. The zero-order chi connectivity index (χ0) is 12.5. The van der Waals surface area contributed by atoms with Crippen LogP contribution in [-0.2, 0) is 10.8 Å². The molecule has 0 saturated heterocycles. The van der Waals surface area contributed by atoms with Gasteiger partial charge in [-0.05, 0) is 25.0 Å². The first-order valence-electron chi connectivity index (χ1n) is 6.31. The molecule has 0 spiro atoms. The first-order valence-corrected chi connectivity index (χ1v) is 7.52. The number of anilines is 1. The number of oxazole rings is 1. The molecule has 1 heterocycles. The van der Waals surface area contributed by atoms with Crippen molar-refractivity contribution >= 4 is 27.6 Å². The van der Waals surface area contributed by atoms with Crippen molar-refractivity contribution in [1.29, 1.82) is 0 Å². The van der Waals surface area contributed by atoms with Gasteiger partial charge in [-0.3, -0.25) is 0 Å². The Bertz CT molecular complexity index is 588. The fraction of sp³-hybridized carbons (Fsp3) is 0.462. The summed E-state index contributed by atoms with van der Waals surface area (Å²) in [6, 6.07) is 5.30. The monoisotopic (exact) mass is 264 g/mol. The number of nitrogen functional groups attached to an aromatic ring is 1. The van der Waals surface area contributed by atoms with E-state index in [1.54, 1.807) is 18.2 Å². The minimum absolute atomic E-state index is 0.198. The van der Waals surface area contributed by atoms with Crippen LogP contribution < -0.4 is 5.73 Å². The lowest BCUT2D eigenvalue weighted by Crippen LogP contribution is -2.18. The van der Waals surface area contributed by atoms with E-state index in [0.717, 1.165) is 31.2 Å². The number of hydrogen-bond acceptors (Lipinski definition) is 4. The number of nitrogens with two attached hydrogens (primary N) is 1. The van der Waals surface area contributed by atoms with Crippen LogP contribution in [0.4, 0.5) is 5.69 Å². The Hall–Kier alpha value is -1.36. The van der Waals surface area contributed by atoms with Crippen LogP contribution in [0.3, 0.4) is 0 Å². The smallest absolute Gasteiger partial charge is 0.288 e. The topological polar surface area (TPSA) is 69.1 Å². The molecule has 0 bridgehead atoms. The Morgan fingerprint density at radius 1 is 1.28 bits per heavy atom. The summed E-state index contributed by atoms with van der Waals surface area (Å²) in [4.78, 5) is 4.31. The average molecular weight is 264 g/mol. The third-order valence-corrected chi connectivity index (χ3v) is 5.02. The predicted molar refractivity (Wildman–Crippen MR) is 71.7 cm³/mol. The third-order valence-electron chi connectivity index (χ3n) is 3.42. The van der Waals surface area contributed by atoms with Gasteiger partial charge in [-0.15, -0.1) is 0 Å². The molecule has 3 rings (SSSR count). The second kappa shape index (κ2) is 4.72. The van der Waals surface area contributed by atoms with Crippen molar-refractivity contribution in [3.05, 3.63) is 18.2 Å². The highest BCUT2D eigenvalue weighted by atomic mass is 32.2. The van der Waals surface area contributed by atoms with E-state index in [2.05, 4.69) is 4.98 Å². The van der Waals surface area contributed by atoms with E-state index in [1.807, 2.05) is 0 Å². The molecule has 1 fully saturated rings. The quantitative estimate of drug-likeness (QED) is 0.847. The maximum atomic E-state index is 12.4. The summed E-state index contributed by atoms with van der Waals surface area (Å²) < 4.78 is 18.0. The van der Waals surface area contributed by atoms with Gasteiger partial charge in [0.1, 0.15) is 16.3 Å². The number of aromatic nitrogens is 1. The molecular formula is C13H16N2O2S. The van der Waals surface area contributed by atoms with Gasteiger partial charge in [0.15, 0.2) is 5.58 Å². The molecule has 0 radical (unpaired) electrons. The summed E-state index contributed by atoms with van der Waals surface area (Å²) in [7, 11) is -1.13. The Balaban J connectivity index is 1.91. The molecule has 0 aliphatic heterocycles. The summed E-state index contributed by atoms with van der Waals surface area (Å²) in [5.41, 5.74) is 7.67. The van der Waals surface area contributed by atoms with Crippen LogP contribution in [0.25, 0.3) is 11.1 Å². The van der Waals surface area contributed by atoms with Gasteiger partial charge in [0.05, 0.1) is 0 Å². The van der Waals surface area contributed by atoms with Gasteiger partial charge >= 0.3 is 0 Å². The van der Waals surface area contributed by atoms with Crippen molar-refractivity contribution in [1.82, 2.24) is 4.98 Å². The zero-order valence-electron chi connectivity index (χ0n) is 10.1. The van der Waals surface area contributed by atoms with Crippen molar-refractivity contribution in [3.8, 4) is 0 Å². The summed E-state index contributed by atoms with van der Waals surface area (Å²) in [6.07, 6.45) is 5.58. The van der Waals surface area contributed by atoms with E-state index in [1.165, 1.54) is 6.42 Å². The fourth-order valence-corrected chi connectivity index (χ4v) is 3.83. The van der Waals surface area contributed by atoms with Crippen LogP contribution in [0.2, 0.25) is 0 Å². The second-order valence-electron chi connectivity index (χ2n) is 4.76. The summed E-state index contributed by atoms with van der Waals surface area (Å²) in [5.74, 6) is 0. The lowest BCUT2D eigenvalue weighted by atomic mass is 10.0. The maximum Gasteiger partial charge on any atom is 0.288 e. The molecule has 2 aromatic rings. The van der Waals surface area contributed by atoms with Crippen molar-refractivity contribution in [3.63, 3.8) is 0 Å². The van der Waals surface area contributed by atoms with Crippen LogP contribution in [0.15, 0.2) is 27.8 Å². The van der Waals surface area contributed by atoms with Gasteiger partial charge < -0.3 is 10.2 Å². The van der Waals surface area contributed by atoms with Gasteiger partial charge in [0.25, 0.3) is 5.22 Å². The highest BCUT2D eigenvalue weighted by Gasteiger charge is 2.24. The van der Waals surface area contributed by atoms with E-state index in [4.69, 9.17) is 10.2 Å². The predicted octanol–water partition coefficient (Wildman–Crippen LogP) is 2.85. The van der Waals surface area contributed by atoms with Crippen molar-refractivity contribution in [2.75, 3.05) is 5.73 Å². The molecule has 1 aliphatic rings. The van der Waals surface area contributed by atoms with Gasteiger partial charge in [0.2, 0.25) is 0 Å². The highest BCUT2D eigenvalue weighted by Crippen LogP contribution is 2.27. The molecule has 4 nitrogen and oxygen atoms in total. The first kappa shape index (κ1) is 11.7. The van der Waals surface area contributed by atoms with E-state index in [-0.39, 0.29) is 5.25 Å². The Morgan fingerprint density at radius 2 is 2.06 bits per heavy atom. The van der Waals surface area contributed by atoms with Gasteiger partial charge in [-0.25, -0.2) is 9.19 Å². The molecule has 1 aromatic carbocycles. The number of benzene rings is 1. The van der Waals surface area contributed by atoms with Crippen LogP contribution in [0, 0.1) is 0 Å². The maximum absolute atomic E-state index is 12.4. The zero-order valence-corrected chi connectivity index (χ0v) is 10.9. The van der Waals surface area contributed by atoms with Crippen LogP contribution in [0.1, 0.15) is 32.1 Å². The minimum atomic E-state index is -1.13. The first-order chi connectivity index (χ1) is 8.74. The molecule has 96 valence electrons. The fourth-order valence-electron chi connectivity index (χ4n) is 2.43. The molecule has 1 atom stereocenters. The van der Waals surface area contributed by atoms with Crippen molar-refractivity contribution < 1.29 is 8.63 Å². The number of nitrogens with zero attached hydrogens (tertiary/aromatic N) is 1. The molecule has 5 heteroatoms. The lowest BCUT2D eigenvalue weighted by Gasteiger charge is -2.18. The van der Waals surface area contributed by atoms with Gasteiger partial charge in [-0.2, -0.15) is 0 Å². The number of rotatable bonds is 2. The van der Waals surface area contributed by atoms with E-state index in [9.17, 15) is 4.21 Å². The third kappa shape index (κ3) is 2.14. The summed E-state index contributed by atoms with van der Waals surface area (Å²) in [6.45, 7) is 0. The number of hydrogen-bond donors (Lipinski definition) is 1. The van der Waals surface area contributed by atoms with Crippen molar-refractivity contribution in [2.24, 2.45) is 0 Å². The highest BCUT2D eigenvalue weighted by molar-refractivity contribution is 7.85. The molecule has 2 N–H and O–H groups in total.